The Bertz CT molecular complexity index is 647. The molecule has 1 aromatic carbocycles. The second-order valence-corrected chi connectivity index (χ2v) is 6.38. The lowest BCUT2D eigenvalue weighted by Gasteiger charge is -2.05. The van der Waals surface area contributed by atoms with E-state index < -0.39 is 0 Å². The fourth-order valence-corrected chi connectivity index (χ4v) is 3.50. The number of hydrogen-bond donors (Lipinski definition) is 2. The standard InChI is InChI=1S/C11H11IN4OS/c12-8-5-6(13)1-4-9(8)18-11-15-14-10(17)16(11)7-2-3-7/h1,4-5,7H,2-3,13H2,(H,14,17). The molecule has 0 amide bonds. The molecule has 1 aliphatic carbocycles. The predicted octanol–water partition coefficient (Wildman–Crippen LogP) is 2.24. The van der Waals surface area contributed by atoms with Crippen LogP contribution in [0.15, 0.2) is 33.0 Å². The molecule has 94 valence electrons. The molecular formula is C11H11IN4OS. The molecule has 1 aromatic heterocycles. The van der Waals surface area contributed by atoms with Crippen LogP contribution in [-0.4, -0.2) is 14.8 Å². The first-order chi connectivity index (χ1) is 8.65. The number of anilines is 1. The number of H-pyrrole nitrogens is 1. The highest BCUT2D eigenvalue weighted by Crippen LogP contribution is 2.38. The number of halogens is 1. The van der Waals surface area contributed by atoms with E-state index in [-0.39, 0.29) is 5.69 Å². The SMILES string of the molecule is Nc1ccc(Sc2n[nH]c(=O)n2C2CC2)c(I)c1. The molecule has 1 aliphatic rings. The predicted molar refractivity (Wildman–Crippen MR) is 78.8 cm³/mol. The van der Waals surface area contributed by atoms with Gasteiger partial charge in [-0.05, 0) is 65.4 Å². The molecule has 0 unspecified atom stereocenters. The summed E-state index contributed by atoms with van der Waals surface area (Å²) in [5, 5.41) is 7.34. The number of benzene rings is 1. The molecule has 7 heteroatoms. The number of hydrogen-bond acceptors (Lipinski definition) is 4. The number of nitrogens with two attached hydrogens (primary N) is 1. The van der Waals surface area contributed by atoms with Crippen LogP contribution in [0, 0.1) is 3.57 Å². The zero-order valence-corrected chi connectivity index (χ0v) is 12.4. The van der Waals surface area contributed by atoms with E-state index >= 15 is 0 Å². The number of aromatic nitrogens is 3. The van der Waals surface area contributed by atoms with Gasteiger partial charge < -0.3 is 5.73 Å². The third-order valence-corrected chi connectivity index (χ3v) is 5.05. The van der Waals surface area contributed by atoms with Crippen molar-refractivity contribution in [2.24, 2.45) is 0 Å². The van der Waals surface area contributed by atoms with E-state index in [1.807, 2.05) is 18.2 Å². The van der Waals surface area contributed by atoms with Gasteiger partial charge >= 0.3 is 5.69 Å². The topological polar surface area (TPSA) is 76.7 Å². The number of nitrogens with zero attached hydrogens (tertiary/aromatic N) is 2. The minimum atomic E-state index is -0.120. The van der Waals surface area contributed by atoms with Crippen molar-refractivity contribution in [2.75, 3.05) is 5.73 Å². The Morgan fingerprint density at radius 1 is 1.50 bits per heavy atom. The summed E-state index contributed by atoms with van der Waals surface area (Å²) in [6.45, 7) is 0. The average molecular weight is 374 g/mol. The van der Waals surface area contributed by atoms with E-state index in [9.17, 15) is 4.79 Å². The first-order valence-corrected chi connectivity index (χ1v) is 7.44. The van der Waals surface area contributed by atoms with Gasteiger partial charge in [-0.15, -0.1) is 5.10 Å². The van der Waals surface area contributed by atoms with Crippen molar-refractivity contribution < 1.29 is 0 Å². The summed E-state index contributed by atoms with van der Waals surface area (Å²) < 4.78 is 2.81. The van der Waals surface area contributed by atoms with Gasteiger partial charge in [0.1, 0.15) is 0 Å². The quantitative estimate of drug-likeness (QED) is 0.638. The van der Waals surface area contributed by atoms with Crippen LogP contribution in [0.3, 0.4) is 0 Å². The van der Waals surface area contributed by atoms with Gasteiger partial charge in [0.25, 0.3) is 0 Å². The summed E-state index contributed by atoms with van der Waals surface area (Å²) in [6.07, 6.45) is 2.12. The Morgan fingerprint density at radius 2 is 2.28 bits per heavy atom. The van der Waals surface area contributed by atoms with Crippen molar-refractivity contribution >= 4 is 40.0 Å². The summed E-state index contributed by atoms with van der Waals surface area (Å²) >= 11 is 3.73. The highest BCUT2D eigenvalue weighted by atomic mass is 127. The third kappa shape index (κ3) is 2.28. The Balaban J connectivity index is 1.94. The maximum absolute atomic E-state index is 11.7. The maximum atomic E-state index is 11.7. The Morgan fingerprint density at radius 3 is 2.94 bits per heavy atom. The van der Waals surface area contributed by atoms with E-state index in [1.54, 1.807) is 4.57 Å². The molecular weight excluding hydrogens is 363 g/mol. The number of nitrogens with one attached hydrogen (secondary N) is 1. The van der Waals surface area contributed by atoms with Crippen molar-refractivity contribution in [1.29, 1.82) is 0 Å². The van der Waals surface area contributed by atoms with Crippen LogP contribution in [0.4, 0.5) is 5.69 Å². The molecule has 0 bridgehead atoms. The van der Waals surface area contributed by atoms with Crippen LogP contribution in [0.2, 0.25) is 0 Å². The monoisotopic (exact) mass is 374 g/mol. The average Bonchev–Trinajstić information content (AvgIpc) is 3.08. The van der Waals surface area contributed by atoms with Crippen molar-refractivity contribution in [1.82, 2.24) is 14.8 Å². The number of rotatable bonds is 3. The van der Waals surface area contributed by atoms with E-state index in [0.717, 1.165) is 32.2 Å². The molecule has 1 saturated carbocycles. The fraction of sp³-hybridized carbons (Fsp3) is 0.273. The van der Waals surface area contributed by atoms with Gasteiger partial charge in [0.05, 0.1) is 0 Å². The molecule has 0 saturated heterocycles. The van der Waals surface area contributed by atoms with Crippen LogP contribution in [-0.2, 0) is 0 Å². The number of aromatic amines is 1. The first-order valence-electron chi connectivity index (χ1n) is 5.55. The van der Waals surface area contributed by atoms with Gasteiger partial charge in [0, 0.05) is 20.2 Å². The minimum Gasteiger partial charge on any atom is -0.399 e. The summed E-state index contributed by atoms with van der Waals surface area (Å²) in [5.41, 5.74) is 6.34. The molecule has 0 radical (unpaired) electrons. The summed E-state index contributed by atoms with van der Waals surface area (Å²) in [7, 11) is 0. The molecule has 1 heterocycles. The van der Waals surface area contributed by atoms with Crippen LogP contribution < -0.4 is 11.4 Å². The molecule has 1 fully saturated rings. The summed E-state index contributed by atoms with van der Waals surface area (Å²) in [6, 6.07) is 6.05. The van der Waals surface area contributed by atoms with E-state index in [1.165, 1.54) is 11.8 Å². The lowest BCUT2D eigenvalue weighted by atomic mass is 10.3. The lowest BCUT2D eigenvalue weighted by Crippen LogP contribution is -2.16. The second-order valence-electron chi connectivity index (χ2n) is 4.20. The van der Waals surface area contributed by atoms with Gasteiger partial charge in [-0.2, -0.15) is 0 Å². The van der Waals surface area contributed by atoms with Gasteiger partial charge in [0.15, 0.2) is 5.16 Å². The van der Waals surface area contributed by atoms with Gasteiger partial charge in [-0.3, -0.25) is 4.57 Å². The number of nitrogen functional groups attached to an aromatic ring is 1. The normalized spacial score (nSPS) is 14.9. The molecule has 18 heavy (non-hydrogen) atoms. The van der Waals surface area contributed by atoms with Gasteiger partial charge in [0.2, 0.25) is 0 Å². The van der Waals surface area contributed by atoms with E-state index in [4.69, 9.17) is 5.73 Å². The van der Waals surface area contributed by atoms with E-state index in [2.05, 4.69) is 32.8 Å². The third-order valence-electron chi connectivity index (χ3n) is 2.74. The molecule has 0 aliphatic heterocycles. The molecule has 5 nitrogen and oxygen atoms in total. The van der Waals surface area contributed by atoms with Crippen molar-refractivity contribution in [3.63, 3.8) is 0 Å². The van der Waals surface area contributed by atoms with Crippen molar-refractivity contribution in [2.45, 2.75) is 28.9 Å². The fourth-order valence-electron chi connectivity index (χ4n) is 1.72. The second kappa shape index (κ2) is 4.61. The van der Waals surface area contributed by atoms with Crippen LogP contribution >= 0.6 is 34.4 Å². The highest BCUT2D eigenvalue weighted by molar-refractivity contribution is 14.1. The Hall–Kier alpha value is -0.960. The molecule has 0 spiro atoms. The summed E-state index contributed by atoms with van der Waals surface area (Å²) in [5.74, 6) is 0. The smallest absolute Gasteiger partial charge is 0.344 e. The molecule has 3 N–H and O–H groups in total. The molecule has 2 aromatic rings. The minimum absolute atomic E-state index is 0.120. The van der Waals surface area contributed by atoms with Crippen molar-refractivity contribution in [3.8, 4) is 0 Å². The zero-order valence-electron chi connectivity index (χ0n) is 9.39. The van der Waals surface area contributed by atoms with Gasteiger partial charge in [-0.25, -0.2) is 9.89 Å². The lowest BCUT2D eigenvalue weighted by molar-refractivity contribution is 0.642. The Labute approximate surface area is 121 Å². The summed E-state index contributed by atoms with van der Waals surface area (Å²) in [4.78, 5) is 12.7. The van der Waals surface area contributed by atoms with Crippen LogP contribution in [0.25, 0.3) is 0 Å². The van der Waals surface area contributed by atoms with Gasteiger partial charge in [-0.1, -0.05) is 0 Å². The Kier molecular flexibility index (Phi) is 3.10. The maximum Gasteiger partial charge on any atom is 0.344 e. The largest absolute Gasteiger partial charge is 0.399 e. The molecule has 0 atom stereocenters. The van der Waals surface area contributed by atoms with Crippen LogP contribution in [0.5, 0.6) is 0 Å². The zero-order chi connectivity index (χ0) is 12.7. The molecule has 3 rings (SSSR count). The van der Waals surface area contributed by atoms with Crippen LogP contribution in [0.1, 0.15) is 18.9 Å². The first kappa shape index (κ1) is 12.1. The van der Waals surface area contributed by atoms with Crippen molar-refractivity contribution in [3.05, 3.63) is 32.3 Å². The highest BCUT2D eigenvalue weighted by Gasteiger charge is 2.28. The van der Waals surface area contributed by atoms with E-state index in [0.29, 0.717) is 6.04 Å².